The van der Waals surface area contributed by atoms with Gasteiger partial charge in [-0.05, 0) is 45.7 Å². The number of carbonyl (C=O) groups excluding carboxylic acids is 1. The molecule has 0 saturated carbocycles. The normalized spacial score (nSPS) is 12.6. The summed E-state index contributed by atoms with van der Waals surface area (Å²) < 4.78 is 17.4. The van der Waals surface area contributed by atoms with Crippen molar-refractivity contribution in [2.45, 2.75) is 46.1 Å². The third-order valence-electron chi connectivity index (χ3n) is 3.96. The van der Waals surface area contributed by atoms with E-state index in [-0.39, 0.29) is 12.3 Å². The first-order chi connectivity index (χ1) is 13.0. The number of para-hydroxylation sites is 1. The first-order valence-electron chi connectivity index (χ1n) is 9.45. The molecule has 0 saturated heterocycles. The lowest BCUT2D eigenvalue weighted by Crippen LogP contribution is -2.46. The quantitative estimate of drug-likeness (QED) is 0.466. The maximum absolute atomic E-state index is 12.5. The van der Waals surface area contributed by atoms with Gasteiger partial charge in [0.2, 0.25) is 5.91 Å². The summed E-state index contributed by atoms with van der Waals surface area (Å²) >= 11 is 0. The summed E-state index contributed by atoms with van der Waals surface area (Å²) in [4.78, 5) is 23.7. The minimum Gasteiger partial charge on any atom is -0.481 e. The second kappa shape index (κ2) is 12.6. The molecule has 0 fully saturated rings. The molecule has 7 nitrogen and oxygen atoms in total. The fourth-order valence-electron chi connectivity index (χ4n) is 2.87. The number of nitrogens with one attached hydrogen (secondary N) is 1. The monoisotopic (exact) mass is 397 g/mol. The van der Waals surface area contributed by atoms with Gasteiger partial charge >= 0.3 is 14.8 Å². The van der Waals surface area contributed by atoms with Crippen molar-refractivity contribution < 1.29 is 28.0 Å². The van der Waals surface area contributed by atoms with Crippen LogP contribution in [-0.2, 0) is 22.9 Å². The highest BCUT2D eigenvalue weighted by atomic mass is 28.4. The first kappa shape index (κ1) is 23.3. The summed E-state index contributed by atoms with van der Waals surface area (Å²) in [6.07, 6.45) is 0.796. The zero-order valence-electron chi connectivity index (χ0n) is 16.4. The standard InChI is InChI=1S/C19H31NO6Si/c1-4-24-27(25-5-2,26-6-3)14-10-11-16(15-18(21)22)19(23)20-17-12-8-7-9-13-17/h7-9,12-13,16H,4-6,10-11,14-15H2,1-3H3,(H,20,23)(H,21,22). The van der Waals surface area contributed by atoms with E-state index >= 15 is 0 Å². The number of rotatable bonds is 14. The lowest BCUT2D eigenvalue weighted by Gasteiger charge is -2.28. The number of carbonyl (C=O) groups is 2. The Morgan fingerprint density at radius 2 is 1.59 bits per heavy atom. The number of carboxylic acid groups (broad SMARTS) is 1. The van der Waals surface area contributed by atoms with Gasteiger partial charge in [0.15, 0.2) is 0 Å². The lowest BCUT2D eigenvalue weighted by atomic mass is 9.98. The summed E-state index contributed by atoms with van der Waals surface area (Å²) in [6.45, 7) is 7.12. The van der Waals surface area contributed by atoms with E-state index in [4.69, 9.17) is 18.4 Å². The van der Waals surface area contributed by atoms with Crippen LogP contribution in [0.4, 0.5) is 5.69 Å². The molecule has 27 heavy (non-hydrogen) atoms. The minimum absolute atomic E-state index is 0.217. The maximum Gasteiger partial charge on any atom is 0.500 e. The molecule has 0 aliphatic carbocycles. The lowest BCUT2D eigenvalue weighted by molar-refractivity contribution is -0.140. The van der Waals surface area contributed by atoms with Crippen LogP contribution in [0.1, 0.15) is 40.0 Å². The Kier molecular flexibility index (Phi) is 10.9. The van der Waals surface area contributed by atoms with E-state index in [0.29, 0.717) is 44.4 Å². The summed E-state index contributed by atoms with van der Waals surface area (Å²) in [7, 11) is -2.79. The average Bonchev–Trinajstić information content (AvgIpc) is 2.62. The highest BCUT2D eigenvalue weighted by Gasteiger charge is 2.40. The van der Waals surface area contributed by atoms with Crippen molar-refractivity contribution >= 4 is 26.4 Å². The molecule has 1 atom stereocenters. The molecule has 0 heterocycles. The zero-order chi connectivity index (χ0) is 20.1. The third kappa shape index (κ3) is 8.66. The Hall–Kier alpha value is -1.74. The largest absolute Gasteiger partial charge is 0.500 e. The Bertz CT molecular complexity index is 552. The second-order valence-electron chi connectivity index (χ2n) is 6.02. The topological polar surface area (TPSA) is 94.1 Å². The van der Waals surface area contributed by atoms with Crippen molar-refractivity contribution in [2.75, 3.05) is 25.1 Å². The van der Waals surface area contributed by atoms with Crippen LogP contribution in [0.3, 0.4) is 0 Å². The predicted octanol–water partition coefficient (Wildman–Crippen LogP) is 3.54. The number of amides is 1. The van der Waals surface area contributed by atoms with Gasteiger partial charge in [-0.1, -0.05) is 18.2 Å². The predicted molar refractivity (Wildman–Crippen MR) is 105 cm³/mol. The van der Waals surface area contributed by atoms with Crippen molar-refractivity contribution in [1.29, 1.82) is 0 Å². The van der Waals surface area contributed by atoms with Crippen LogP contribution >= 0.6 is 0 Å². The number of hydrogen-bond donors (Lipinski definition) is 2. The molecule has 0 aliphatic heterocycles. The molecule has 0 radical (unpaired) electrons. The van der Waals surface area contributed by atoms with Crippen LogP contribution in [0.25, 0.3) is 0 Å². The Morgan fingerprint density at radius 3 is 2.07 bits per heavy atom. The molecular weight excluding hydrogens is 366 g/mol. The molecule has 1 aromatic carbocycles. The van der Waals surface area contributed by atoms with Gasteiger partial charge < -0.3 is 23.7 Å². The van der Waals surface area contributed by atoms with Gasteiger partial charge in [-0.15, -0.1) is 0 Å². The molecule has 0 aromatic heterocycles. The van der Waals surface area contributed by atoms with Crippen molar-refractivity contribution in [3.8, 4) is 0 Å². The van der Waals surface area contributed by atoms with Gasteiger partial charge in [0.25, 0.3) is 0 Å². The van der Waals surface area contributed by atoms with E-state index < -0.39 is 20.7 Å². The number of anilines is 1. The van der Waals surface area contributed by atoms with Crippen LogP contribution in [0, 0.1) is 5.92 Å². The van der Waals surface area contributed by atoms with E-state index in [1.807, 2.05) is 39.0 Å². The molecule has 1 amide bonds. The van der Waals surface area contributed by atoms with E-state index in [1.165, 1.54) is 0 Å². The summed E-state index contributed by atoms with van der Waals surface area (Å²) in [6, 6.07) is 9.57. The highest BCUT2D eigenvalue weighted by molar-refractivity contribution is 6.60. The number of hydrogen-bond acceptors (Lipinski definition) is 5. The molecule has 1 aromatic rings. The first-order valence-corrected chi connectivity index (χ1v) is 11.4. The minimum atomic E-state index is -2.79. The van der Waals surface area contributed by atoms with E-state index in [9.17, 15) is 9.59 Å². The zero-order valence-corrected chi connectivity index (χ0v) is 17.4. The van der Waals surface area contributed by atoms with Crippen LogP contribution in [0.2, 0.25) is 6.04 Å². The second-order valence-corrected chi connectivity index (χ2v) is 8.76. The van der Waals surface area contributed by atoms with Crippen LogP contribution in [-0.4, -0.2) is 45.6 Å². The van der Waals surface area contributed by atoms with Crippen molar-refractivity contribution in [3.05, 3.63) is 30.3 Å². The smallest absolute Gasteiger partial charge is 0.481 e. The maximum atomic E-state index is 12.5. The fraction of sp³-hybridized carbons (Fsp3) is 0.579. The third-order valence-corrected chi connectivity index (χ3v) is 7.11. The van der Waals surface area contributed by atoms with Gasteiger partial charge in [0.1, 0.15) is 0 Å². The molecule has 1 rings (SSSR count). The van der Waals surface area contributed by atoms with Gasteiger partial charge in [-0.3, -0.25) is 9.59 Å². The highest BCUT2D eigenvalue weighted by Crippen LogP contribution is 2.23. The molecule has 0 spiro atoms. The number of benzene rings is 1. The van der Waals surface area contributed by atoms with E-state index in [0.717, 1.165) is 0 Å². The van der Waals surface area contributed by atoms with Crippen molar-refractivity contribution in [1.82, 2.24) is 0 Å². The van der Waals surface area contributed by atoms with Gasteiger partial charge in [-0.25, -0.2) is 0 Å². The number of carboxylic acids is 1. The Balaban J connectivity index is 2.72. The van der Waals surface area contributed by atoms with Crippen LogP contribution < -0.4 is 5.32 Å². The van der Waals surface area contributed by atoms with Crippen LogP contribution in [0.15, 0.2) is 30.3 Å². The van der Waals surface area contributed by atoms with Gasteiger partial charge in [0, 0.05) is 37.5 Å². The van der Waals surface area contributed by atoms with E-state index in [2.05, 4.69) is 5.32 Å². The summed E-state index contributed by atoms with van der Waals surface area (Å²) in [5.74, 6) is -1.91. The number of aliphatic carboxylic acids is 1. The average molecular weight is 398 g/mol. The van der Waals surface area contributed by atoms with Crippen molar-refractivity contribution in [2.24, 2.45) is 5.92 Å². The molecule has 8 heteroatoms. The Labute approximate surface area is 162 Å². The molecular formula is C19H31NO6Si. The molecule has 0 bridgehead atoms. The van der Waals surface area contributed by atoms with Gasteiger partial charge in [-0.2, -0.15) is 0 Å². The molecule has 152 valence electrons. The molecule has 2 N–H and O–H groups in total. The summed E-state index contributed by atoms with van der Waals surface area (Å²) in [5.41, 5.74) is 0.652. The summed E-state index contributed by atoms with van der Waals surface area (Å²) in [5, 5.41) is 12.0. The fourth-order valence-corrected chi connectivity index (χ4v) is 5.51. The molecule has 0 aliphatic rings. The van der Waals surface area contributed by atoms with Crippen molar-refractivity contribution in [3.63, 3.8) is 0 Å². The molecule has 1 unspecified atom stereocenters. The van der Waals surface area contributed by atoms with Gasteiger partial charge in [0.05, 0.1) is 6.42 Å². The SMILES string of the molecule is CCO[Si](CCCC(CC(=O)O)C(=O)Nc1ccccc1)(OCC)OCC. The van der Waals surface area contributed by atoms with Crippen LogP contribution in [0.5, 0.6) is 0 Å². The Morgan fingerprint density at radius 1 is 1.04 bits per heavy atom. The van der Waals surface area contributed by atoms with E-state index in [1.54, 1.807) is 12.1 Å².